The zero-order valence-corrected chi connectivity index (χ0v) is 29.1. The fraction of sp³-hybridized carbons (Fsp3) is 0.703. The Kier molecular flexibility index (Phi) is 23.3. The molecule has 1 rings (SSSR count). The summed E-state index contributed by atoms with van der Waals surface area (Å²) in [5.41, 5.74) is 0.474. The molecule has 0 unspecified atom stereocenters. The van der Waals surface area contributed by atoms with Crippen molar-refractivity contribution in [1.82, 2.24) is 5.32 Å². The average molecular weight is 678 g/mol. The Bertz CT molecular complexity index is 1070. The highest BCUT2D eigenvalue weighted by Crippen LogP contribution is 2.17. The Morgan fingerprint density at radius 3 is 1.38 bits per heavy atom. The lowest BCUT2D eigenvalue weighted by Gasteiger charge is -2.25. The second kappa shape index (κ2) is 26.3. The van der Waals surface area contributed by atoms with Crippen molar-refractivity contribution in [2.45, 2.75) is 167 Å². The Balaban J connectivity index is 2.86. The lowest BCUT2D eigenvalue weighted by atomic mass is 10.0. The molecule has 0 radical (unpaired) electrons. The molecule has 11 heteroatoms. The van der Waals surface area contributed by atoms with Crippen molar-refractivity contribution >= 4 is 29.8 Å². The number of unbranched alkanes of at least 4 members (excludes halogenated alkanes) is 16. The second-order valence-corrected chi connectivity index (χ2v) is 12.6. The molecule has 1 aromatic rings. The van der Waals surface area contributed by atoms with Crippen LogP contribution in [0.3, 0.4) is 0 Å². The van der Waals surface area contributed by atoms with E-state index in [0.717, 1.165) is 51.4 Å². The number of phenolic OH excluding ortho intramolecular Hbond substituents is 1. The van der Waals surface area contributed by atoms with Crippen LogP contribution < -0.4 is 5.32 Å². The van der Waals surface area contributed by atoms with Gasteiger partial charge in [0, 0.05) is 19.3 Å². The average Bonchev–Trinajstić information content (AvgIpc) is 3.05. The lowest BCUT2D eigenvalue weighted by Crippen LogP contribution is -2.54. The van der Waals surface area contributed by atoms with Gasteiger partial charge in [0.2, 0.25) is 12.2 Å². The van der Waals surface area contributed by atoms with Gasteiger partial charge in [-0.3, -0.25) is 14.4 Å². The minimum Gasteiger partial charge on any atom is -0.508 e. The molecule has 1 amide bonds. The van der Waals surface area contributed by atoms with Crippen molar-refractivity contribution in [3.63, 3.8) is 0 Å². The van der Waals surface area contributed by atoms with E-state index in [1.807, 2.05) is 0 Å². The number of aliphatic carboxylic acids is 2. The van der Waals surface area contributed by atoms with E-state index in [4.69, 9.17) is 9.47 Å². The zero-order valence-electron chi connectivity index (χ0n) is 29.1. The number of carboxylic acid groups (broad SMARTS) is 2. The number of hydrogen-bond donors (Lipinski definition) is 4. The summed E-state index contributed by atoms with van der Waals surface area (Å²) in [6.45, 7) is 4.33. The molecule has 3 atom stereocenters. The van der Waals surface area contributed by atoms with Crippen molar-refractivity contribution in [3.05, 3.63) is 29.8 Å². The van der Waals surface area contributed by atoms with Crippen LogP contribution in [0.15, 0.2) is 24.3 Å². The number of carbonyl (C=O) groups is 5. The molecule has 272 valence electrons. The van der Waals surface area contributed by atoms with Gasteiger partial charge in [-0.1, -0.05) is 129 Å². The van der Waals surface area contributed by atoms with Crippen LogP contribution in [0.1, 0.15) is 148 Å². The Morgan fingerprint density at radius 2 is 0.979 bits per heavy atom. The maximum Gasteiger partial charge on any atom is 0.349 e. The highest BCUT2D eigenvalue weighted by atomic mass is 16.6. The van der Waals surface area contributed by atoms with E-state index in [9.17, 15) is 39.3 Å². The second-order valence-electron chi connectivity index (χ2n) is 12.6. The first kappa shape index (κ1) is 42.4. The highest BCUT2D eigenvalue weighted by molar-refractivity contribution is 5.93. The van der Waals surface area contributed by atoms with E-state index in [-0.39, 0.29) is 25.0 Å². The standard InChI is InChI=1S/C37H59NO10/c1-3-5-7-9-11-13-15-17-19-21-31(40)47-33(35(42)38-30(36(43)44)27-28-23-25-29(39)26-24-28)34(37(45)46)48-32(41)22-20-18-16-14-12-10-8-6-4-2/h23-26,30,33-34,39H,3-22,27H2,1-2H3,(H,38,42)(H,43,44)(H,45,46)/t30-,33+,34+/m0/s1. The Labute approximate surface area is 286 Å². The fourth-order valence-corrected chi connectivity index (χ4v) is 5.38. The predicted molar refractivity (Wildman–Crippen MR) is 182 cm³/mol. The number of rotatable bonds is 29. The molecule has 11 nitrogen and oxygen atoms in total. The molecule has 0 saturated carbocycles. The van der Waals surface area contributed by atoms with Gasteiger partial charge in [-0.2, -0.15) is 0 Å². The van der Waals surface area contributed by atoms with E-state index in [1.165, 1.54) is 75.6 Å². The van der Waals surface area contributed by atoms with E-state index >= 15 is 0 Å². The minimum absolute atomic E-state index is 0.0258. The fourth-order valence-electron chi connectivity index (χ4n) is 5.38. The minimum atomic E-state index is -2.16. The van der Waals surface area contributed by atoms with Crippen molar-refractivity contribution in [2.24, 2.45) is 0 Å². The first-order chi connectivity index (χ1) is 23.1. The Morgan fingerprint density at radius 1 is 0.583 bits per heavy atom. The smallest absolute Gasteiger partial charge is 0.349 e. The third kappa shape index (κ3) is 19.9. The molecule has 0 fully saturated rings. The Hall–Kier alpha value is -3.63. The number of carbonyl (C=O) groups excluding carboxylic acids is 3. The maximum atomic E-state index is 13.4. The summed E-state index contributed by atoms with van der Waals surface area (Å²) in [4.78, 5) is 63.1. The van der Waals surface area contributed by atoms with Crippen LogP contribution in [0.2, 0.25) is 0 Å². The van der Waals surface area contributed by atoms with Gasteiger partial charge >= 0.3 is 23.9 Å². The number of nitrogens with one attached hydrogen (secondary N) is 1. The number of hydrogen-bond acceptors (Lipinski definition) is 8. The van der Waals surface area contributed by atoms with Crippen LogP contribution >= 0.6 is 0 Å². The third-order valence-electron chi connectivity index (χ3n) is 8.25. The highest BCUT2D eigenvalue weighted by Gasteiger charge is 2.41. The topological polar surface area (TPSA) is 177 Å². The van der Waals surface area contributed by atoms with Gasteiger partial charge < -0.3 is 30.1 Å². The number of carboxylic acids is 2. The van der Waals surface area contributed by atoms with Crippen LogP contribution in [0, 0.1) is 0 Å². The molecule has 0 aliphatic heterocycles. The number of ether oxygens (including phenoxy) is 2. The van der Waals surface area contributed by atoms with Crippen LogP contribution in [-0.4, -0.2) is 63.4 Å². The molecule has 4 N–H and O–H groups in total. The molecule has 48 heavy (non-hydrogen) atoms. The number of esters is 2. The molecule has 0 saturated heterocycles. The molecular weight excluding hydrogens is 618 g/mol. The SMILES string of the molecule is CCCCCCCCCCCC(=O)O[C@@H](C(=O)O)[C@@H](OC(=O)CCCCCCCCCCC)C(=O)N[C@@H](Cc1ccc(O)cc1)C(=O)O. The number of phenols is 1. The maximum absolute atomic E-state index is 13.4. The summed E-state index contributed by atoms with van der Waals surface area (Å²) in [6.07, 6.45) is 13.6. The molecule has 1 aromatic carbocycles. The predicted octanol–water partition coefficient (Wildman–Crippen LogP) is 7.25. The van der Waals surface area contributed by atoms with Gasteiger partial charge in [-0.15, -0.1) is 0 Å². The van der Waals surface area contributed by atoms with E-state index in [1.54, 1.807) is 0 Å². The molecule has 0 bridgehead atoms. The van der Waals surface area contributed by atoms with Crippen molar-refractivity contribution in [2.75, 3.05) is 0 Å². The van der Waals surface area contributed by atoms with Crippen molar-refractivity contribution < 1.29 is 48.8 Å². The number of amides is 1. The van der Waals surface area contributed by atoms with Gasteiger partial charge in [-0.25, -0.2) is 9.59 Å². The number of aromatic hydroxyl groups is 1. The molecule has 0 aliphatic carbocycles. The van der Waals surface area contributed by atoms with Crippen molar-refractivity contribution in [3.8, 4) is 5.75 Å². The third-order valence-corrected chi connectivity index (χ3v) is 8.25. The summed E-state index contributed by atoms with van der Waals surface area (Å²) < 4.78 is 10.5. The van der Waals surface area contributed by atoms with E-state index in [0.29, 0.717) is 18.4 Å². The first-order valence-corrected chi connectivity index (χ1v) is 18.0. The number of benzene rings is 1. The van der Waals surface area contributed by atoms with E-state index < -0.39 is 48.0 Å². The van der Waals surface area contributed by atoms with Gasteiger partial charge in [0.15, 0.2) is 0 Å². The van der Waals surface area contributed by atoms with Gasteiger partial charge in [0.05, 0.1) is 0 Å². The lowest BCUT2D eigenvalue weighted by molar-refractivity contribution is -0.182. The van der Waals surface area contributed by atoms with Gasteiger partial charge in [-0.05, 0) is 30.5 Å². The quantitative estimate of drug-likeness (QED) is 0.0499. The van der Waals surface area contributed by atoms with Crippen LogP contribution in [0.25, 0.3) is 0 Å². The summed E-state index contributed by atoms with van der Waals surface area (Å²) >= 11 is 0. The normalized spacial score (nSPS) is 12.9. The summed E-state index contributed by atoms with van der Waals surface area (Å²) in [5.74, 6) is -6.03. The summed E-state index contributed by atoms with van der Waals surface area (Å²) in [7, 11) is 0. The molecule has 0 spiro atoms. The molecule has 0 aromatic heterocycles. The molecule has 0 aliphatic rings. The van der Waals surface area contributed by atoms with Crippen LogP contribution in [0.4, 0.5) is 0 Å². The van der Waals surface area contributed by atoms with Crippen LogP contribution in [0.5, 0.6) is 5.75 Å². The van der Waals surface area contributed by atoms with E-state index in [2.05, 4.69) is 19.2 Å². The molecular formula is C37H59NO10. The summed E-state index contributed by atoms with van der Waals surface area (Å²) in [6, 6.07) is 4.16. The van der Waals surface area contributed by atoms with Crippen LogP contribution in [-0.2, 0) is 39.9 Å². The monoisotopic (exact) mass is 677 g/mol. The largest absolute Gasteiger partial charge is 0.508 e. The van der Waals surface area contributed by atoms with Gasteiger partial charge in [0.1, 0.15) is 11.8 Å². The molecule has 0 heterocycles. The summed E-state index contributed by atoms with van der Waals surface area (Å²) in [5, 5.41) is 31.5. The van der Waals surface area contributed by atoms with Gasteiger partial charge in [0.25, 0.3) is 5.91 Å². The van der Waals surface area contributed by atoms with Crippen molar-refractivity contribution in [1.29, 1.82) is 0 Å². The first-order valence-electron chi connectivity index (χ1n) is 18.0. The zero-order chi connectivity index (χ0) is 35.6.